The van der Waals surface area contributed by atoms with Crippen LogP contribution in [0.5, 0.6) is 0 Å². The van der Waals surface area contributed by atoms with Gasteiger partial charge in [0.15, 0.2) is 0 Å². The fraction of sp³-hybridized carbons (Fsp3) is 0.474. The second kappa shape index (κ2) is 5.77. The van der Waals surface area contributed by atoms with Crippen molar-refractivity contribution in [2.75, 3.05) is 0 Å². The van der Waals surface area contributed by atoms with Crippen molar-refractivity contribution >= 4 is 10.8 Å². The van der Waals surface area contributed by atoms with Gasteiger partial charge in [-0.1, -0.05) is 62.2 Å². The van der Waals surface area contributed by atoms with Gasteiger partial charge in [-0.2, -0.15) is 0 Å². The molecule has 100 valence electrons. The maximum atomic E-state index is 2.42. The van der Waals surface area contributed by atoms with Gasteiger partial charge in [0.1, 0.15) is 0 Å². The molecule has 0 N–H and O–H groups in total. The standard InChI is InChI=1S/C19H24/c1-2-5-15-8-10-17(11-9-15)19-13-12-16-6-3-4-7-18(16)14-19/h3-4,6-7,12-15,17H,2,5,8-11H2,1H3. The van der Waals surface area contributed by atoms with Gasteiger partial charge in [-0.3, -0.25) is 0 Å². The average Bonchev–Trinajstić information content (AvgIpc) is 2.48. The second-order valence-electron chi connectivity index (χ2n) is 6.11. The van der Waals surface area contributed by atoms with Crippen molar-refractivity contribution < 1.29 is 0 Å². The van der Waals surface area contributed by atoms with E-state index in [1.54, 1.807) is 5.56 Å². The van der Waals surface area contributed by atoms with Crippen molar-refractivity contribution in [3.8, 4) is 0 Å². The van der Waals surface area contributed by atoms with Gasteiger partial charge >= 0.3 is 0 Å². The summed E-state index contributed by atoms with van der Waals surface area (Å²) in [5.74, 6) is 1.81. The molecule has 1 saturated carbocycles. The highest BCUT2D eigenvalue weighted by Gasteiger charge is 2.21. The fourth-order valence-electron chi connectivity index (χ4n) is 3.65. The van der Waals surface area contributed by atoms with E-state index in [2.05, 4.69) is 49.4 Å². The van der Waals surface area contributed by atoms with Crippen LogP contribution in [-0.2, 0) is 0 Å². The van der Waals surface area contributed by atoms with Crippen LogP contribution in [0.2, 0.25) is 0 Å². The van der Waals surface area contributed by atoms with Crippen LogP contribution in [0.15, 0.2) is 42.5 Å². The van der Waals surface area contributed by atoms with E-state index in [0.717, 1.165) is 11.8 Å². The molecule has 0 unspecified atom stereocenters. The Morgan fingerprint density at radius 1 is 0.895 bits per heavy atom. The highest BCUT2D eigenvalue weighted by molar-refractivity contribution is 5.83. The lowest BCUT2D eigenvalue weighted by Crippen LogP contribution is -2.13. The molecule has 1 aliphatic rings. The summed E-state index contributed by atoms with van der Waals surface area (Å²) in [5, 5.41) is 2.77. The van der Waals surface area contributed by atoms with E-state index in [1.165, 1.54) is 49.3 Å². The predicted octanol–water partition coefficient (Wildman–Crippen LogP) is 5.91. The van der Waals surface area contributed by atoms with E-state index < -0.39 is 0 Å². The average molecular weight is 252 g/mol. The normalized spacial score (nSPS) is 23.6. The molecule has 2 aromatic rings. The van der Waals surface area contributed by atoms with Crippen molar-refractivity contribution in [3.63, 3.8) is 0 Å². The Labute approximate surface area is 116 Å². The number of hydrogen-bond acceptors (Lipinski definition) is 0. The molecule has 0 aromatic heterocycles. The summed E-state index contributed by atoms with van der Waals surface area (Å²) in [7, 11) is 0. The molecule has 0 amide bonds. The van der Waals surface area contributed by atoms with E-state index in [-0.39, 0.29) is 0 Å². The predicted molar refractivity (Wildman–Crippen MR) is 83.6 cm³/mol. The van der Waals surface area contributed by atoms with Crippen LogP contribution in [0.1, 0.15) is 56.9 Å². The Bertz CT molecular complexity index is 532. The Hall–Kier alpha value is -1.30. The van der Waals surface area contributed by atoms with Crippen LogP contribution < -0.4 is 0 Å². The molecule has 0 aliphatic heterocycles. The smallest absolute Gasteiger partial charge is 0.0162 e. The molecule has 0 saturated heterocycles. The minimum Gasteiger partial charge on any atom is -0.0654 e. The number of benzene rings is 2. The van der Waals surface area contributed by atoms with Crippen molar-refractivity contribution in [2.24, 2.45) is 5.92 Å². The summed E-state index contributed by atoms with van der Waals surface area (Å²) in [4.78, 5) is 0. The largest absolute Gasteiger partial charge is 0.0654 e. The van der Waals surface area contributed by atoms with Crippen LogP contribution >= 0.6 is 0 Å². The van der Waals surface area contributed by atoms with E-state index in [1.807, 2.05) is 0 Å². The highest BCUT2D eigenvalue weighted by Crippen LogP contribution is 2.38. The van der Waals surface area contributed by atoms with E-state index in [9.17, 15) is 0 Å². The number of hydrogen-bond donors (Lipinski definition) is 0. The van der Waals surface area contributed by atoms with Gasteiger partial charge in [0.2, 0.25) is 0 Å². The zero-order valence-corrected chi connectivity index (χ0v) is 11.9. The van der Waals surface area contributed by atoms with Crippen LogP contribution in [0, 0.1) is 5.92 Å². The molecule has 1 aliphatic carbocycles. The summed E-state index contributed by atoms with van der Waals surface area (Å²) in [6.07, 6.45) is 8.44. The van der Waals surface area contributed by atoms with Gasteiger partial charge < -0.3 is 0 Å². The zero-order chi connectivity index (χ0) is 13.1. The number of rotatable bonds is 3. The minimum atomic E-state index is 0.803. The maximum Gasteiger partial charge on any atom is -0.0162 e. The first kappa shape index (κ1) is 12.7. The molecule has 2 aromatic carbocycles. The van der Waals surface area contributed by atoms with Gasteiger partial charge in [-0.15, -0.1) is 0 Å². The van der Waals surface area contributed by atoms with Gasteiger partial charge in [0.25, 0.3) is 0 Å². The Balaban J connectivity index is 1.74. The molecule has 3 rings (SSSR count). The topological polar surface area (TPSA) is 0 Å². The fourth-order valence-corrected chi connectivity index (χ4v) is 3.65. The molecule has 1 fully saturated rings. The van der Waals surface area contributed by atoms with Crippen molar-refractivity contribution in [3.05, 3.63) is 48.0 Å². The quantitative estimate of drug-likeness (QED) is 0.636. The molecular formula is C19H24. The van der Waals surface area contributed by atoms with Gasteiger partial charge in [0.05, 0.1) is 0 Å². The van der Waals surface area contributed by atoms with Crippen LogP contribution in [0.3, 0.4) is 0 Å². The molecule has 0 heterocycles. The molecule has 0 bridgehead atoms. The van der Waals surface area contributed by atoms with Crippen molar-refractivity contribution in [1.82, 2.24) is 0 Å². The van der Waals surface area contributed by atoms with E-state index in [4.69, 9.17) is 0 Å². The summed E-state index contributed by atoms with van der Waals surface area (Å²) >= 11 is 0. The minimum absolute atomic E-state index is 0.803. The van der Waals surface area contributed by atoms with E-state index >= 15 is 0 Å². The lowest BCUT2D eigenvalue weighted by Gasteiger charge is -2.28. The van der Waals surface area contributed by atoms with Crippen LogP contribution in [-0.4, -0.2) is 0 Å². The molecule has 0 radical (unpaired) electrons. The number of fused-ring (bicyclic) bond motifs is 1. The summed E-state index contributed by atoms with van der Waals surface area (Å²) in [6.45, 7) is 2.31. The Kier molecular flexibility index (Phi) is 3.87. The van der Waals surface area contributed by atoms with E-state index in [0.29, 0.717) is 0 Å². The third-order valence-corrected chi connectivity index (χ3v) is 4.79. The molecule has 0 atom stereocenters. The Morgan fingerprint density at radius 2 is 1.63 bits per heavy atom. The maximum absolute atomic E-state index is 2.42. The SMILES string of the molecule is CCCC1CCC(c2ccc3ccccc3c2)CC1. The molecular weight excluding hydrogens is 228 g/mol. The zero-order valence-electron chi connectivity index (χ0n) is 11.9. The molecule has 0 nitrogen and oxygen atoms in total. The van der Waals surface area contributed by atoms with Gasteiger partial charge in [-0.05, 0) is 53.9 Å². The van der Waals surface area contributed by atoms with Crippen molar-refractivity contribution in [1.29, 1.82) is 0 Å². The van der Waals surface area contributed by atoms with Crippen molar-refractivity contribution in [2.45, 2.75) is 51.4 Å². The van der Waals surface area contributed by atoms with Gasteiger partial charge in [-0.25, -0.2) is 0 Å². The first-order valence-electron chi connectivity index (χ1n) is 7.85. The van der Waals surface area contributed by atoms with Gasteiger partial charge in [0, 0.05) is 0 Å². The molecule has 0 spiro atoms. The second-order valence-corrected chi connectivity index (χ2v) is 6.11. The lowest BCUT2D eigenvalue weighted by atomic mass is 9.77. The summed E-state index contributed by atoms with van der Waals surface area (Å²) < 4.78 is 0. The molecule has 19 heavy (non-hydrogen) atoms. The first-order chi connectivity index (χ1) is 9.36. The third-order valence-electron chi connectivity index (χ3n) is 4.79. The third kappa shape index (κ3) is 2.83. The monoisotopic (exact) mass is 252 g/mol. The van der Waals surface area contributed by atoms with Crippen LogP contribution in [0.4, 0.5) is 0 Å². The molecule has 0 heteroatoms. The summed E-state index contributed by atoms with van der Waals surface area (Å²) in [6, 6.07) is 15.8. The van der Waals surface area contributed by atoms with Crippen LogP contribution in [0.25, 0.3) is 10.8 Å². The first-order valence-corrected chi connectivity index (χ1v) is 7.85. The Morgan fingerprint density at radius 3 is 2.37 bits per heavy atom. The lowest BCUT2D eigenvalue weighted by molar-refractivity contribution is 0.308. The highest BCUT2D eigenvalue weighted by atomic mass is 14.3. The summed E-state index contributed by atoms with van der Waals surface area (Å²) in [5.41, 5.74) is 1.56.